The van der Waals surface area contributed by atoms with E-state index in [4.69, 9.17) is 15.6 Å². The Bertz CT molecular complexity index is 447. The van der Waals surface area contributed by atoms with Gasteiger partial charge in [-0.25, -0.2) is 13.1 Å². The molecular formula is C10H16N2O4S. The topological polar surface area (TPSA) is 102 Å². The molecule has 1 aromatic carbocycles. The Morgan fingerprint density at radius 1 is 1.35 bits per heavy atom. The average molecular weight is 260 g/mol. The van der Waals surface area contributed by atoms with E-state index >= 15 is 0 Å². The van der Waals surface area contributed by atoms with Crippen LogP contribution in [0.4, 0.5) is 5.69 Å². The van der Waals surface area contributed by atoms with Crippen LogP contribution in [0, 0.1) is 0 Å². The molecule has 0 aliphatic rings. The van der Waals surface area contributed by atoms with Gasteiger partial charge in [-0.2, -0.15) is 0 Å². The molecule has 0 bridgehead atoms. The van der Waals surface area contributed by atoms with E-state index in [1.165, 1.54) is 12.1 Å². The molecule has 0 heterocycles. The lowest BCUT2D eigenvalue weighted by atomic mass is 10.3. The Morgan fingerprint density at radius 2 is 2.12 bits per heavy atom. The smallest absolute Gasteiger partial charge is 0.240 e. The molecule has 0 atom stereocenters. The van der Waals surface area contributed by atoms with Gasteiger partial charge in [0.15, 0.2) is 0 Å². The maximum atomic E-state index is 11.7. The Labute approximate surface area is 100 Å². The molecule has 0 saturated carbocycles. The van der Waals surface area contributed by atoms with Crippen LogP contribution in [0.15, 0.2) is 29.2 Å². The second kappa shape index (κ2) is 6.55. The van der Waals surface area contributed by atoms with E-state index in [1.54, 1.807) is 12.1 Å². The molecule has 0 aliphatic heterocycles. The summed E-state index contributed by atoms with van der Waals surface area (Å²) in [6.07, 6.45) is 0. The third kappa shape index (κ3) is 4.70. The summed E-state index contributed by atoms with van der Waals surface area (Å²) < 4.78 is 30.8. The summed E-state index contributed by atoms with van der Waals surface area (Å²) in [4.78, 5) is 0.125. The van der Waals surface area contributed by atoms with Crippen LogP contribution in [0.3, 0.4) is 0 Å². The fourth-order valence-electron chi connectivity index (χ4n) is 1.18. The van der Waals surface area contributed by atoms with Gasteiger partial charge in [0.1, 0.15) is 0 Å². The maximum absolute atomic E-state index is 11.7. The molecule has 0 aromatic heterocycles. The molecule has 0 unspecified atom stereocenters. The summed E-state index contributed by atoms with van der Waals surface area (Å²) in [7, 11) is -3.54. The standard InChI is InChI=1S/C10H16N2O4S/c11-9-2-1-3-10(8-9)17(14,15)12-4-6-16-7-5-13/h1-3,8,12-13H,4-7,11H2. The number of anilines is 1. The Balaban J connectivity index is 2.51. The van der Waals surface area contributed by atoms with Crippen molar-refractivity contribution in [3.05, 3.63) is 24.3 Å². The van der Waals surface area contributed by atoms with Crippen LogP contribution >= 0.6 is 0 Å². The average Bonchev–Trinajstić information content (AvgIpc) is 2.29. The van der Waals surface area contributed by atoms with Gasteiger partial charge < -0.3 is 15.6 Å². The number of aliphatic hydroxyl groups is 1. The molecule has 96 valence electrons. The SMILES string of the molecule is Nc1cccc(S(=O)(=O)NCCOCCO)c1. The lowest BCUT2D eigenvalue weighted by Crippen LogP contribution is -2.27. The van der Waals surface area contributed by atoms with Crippen LogP contribution in [0.5, 0.6) is 0 Å². The molecule has 0 saturated heterocycles. The van der Waals surface area contributed by atoms with Crippen molar-refractivity contribution >= 4 is 15.7 Å². The highest BCUT2D eigenvalue weighted by Gasteiger charge is 2.12. The Kier molecular flexibility index (Phi) is 5.36. The second-order valence-corrected chi connectivity index (χ2v) is 5.07. The van der Waals surface area contributed by atoms with Gasteiger partial charge in [-0.15, -0.1) is 0 Å². The molecular weight excluding hydrogens is 244 g/mol. The summed E-state index contributed by atoms with van der Waals surface area (Å²) in [6, 6.07) is 6.04. The van der Waals surface area contributed by atoms with Crippen molar-refractivity contribution in [2.75, 3.05) is 32.1 Å². The van der Waals surface area contributed by atoms with Gasteiger partial charge in [0.2, 0.25) is 10.0 Å². The van der Waals surface area contributed by atoms with E-state index in [9.17, 15) is 8.42 Å². The molecule has 0 fully saturated rings. The molecule has 0 spiro atoms. The molecule has 0 amide bonds. The first-order chi connectivity index (χ1) is 8.06. The van der Waals surface area contributed by atoms with E-state index in [0.717, 1.165) is 0 Å². The maximum Gasteiger partial charge on any atom is 0.240 e. The van der Waals surface area contributed by atoms with Crippen molar-refractivity contribution in [1.82, 2.24) is 4.72 Å². The molecule has 0 radical (unpaired) electrons. The van der Waals surface area contributed by atoms with Crippen molar-refractivity contribution in [3.63, 3.8) is 0 Å². The van der Waals surface area contributed by atoms with E-state index in [1.807, 2.05) is 0 Å². The third-order valence-electron chi connectivity index (χ3n) is 1.94. The molecule has 0 aliphatic carbocycles. The van der Waals surface area contributed by atoms with Crippen molar-refractivity contribution in [3.8, 4) is 0 Å². The summed E-state index contributed by atoms with van der Waals surface area (Å²) in [5, 5.41) is 8.46. The minimum absolute atomic E-state index is 0.0814. The summed E-state index contributed by atoms with van der Waals surface area (Å²) in [5.41, 5.74) is 5.90. The van der Waals surface area contributed by atoms with Gasteiger partial charge in [-0.1, -0.05) is 6.07 Å². The number of aliphatic hydroxyl groups excluding tert-OH is 1. The summed E-state index contributed by atoms with van der Waals surface area (Å²) in [6.45, 7) is 0.473. The molecule has 7 heteroatoms. The van der Waals surface area contributed by atoms with Crippen LogP contribution in [0.2, 0.25) is 0 Å². The van der Waals surface area contributed by atoms with Crippen LogP contribution in [0.1, 0.15) is 0 Å². The summed E-state index contributed by atoms with van der Waals surface area (Å²) in [5.74, 6) is 0. The van der Waals surface area contributed by atoms with Gasteiger partial charge in [0, 0.05) is 12.2 Å². The lowest BCUT2D eigenvalue weighted by molar-refractivity contribution is 0.0961. The van der Waals surface area contributed by atoms with Crippen molar-refractivity contribution in [1.29, 1.82) is 0 Å². The number of rotatable bonds is 7. The Hall–Kier alpha value is -1.15. The zero-order valence-electron chi connectivity index (χ0n) is 9.30. The highest BCUT2D eigenvalue weighted by Crippen LogP contribution is 2.11. The van der Waals surface area contributed by atoms with E-state index < -0.39 is 10.0 Å². The van der Waals surface area contributed by atoms with Crippen LogP contribution in [-0.4, -0.2) is 39.9 Å². The second-order valence-electron chi connectivity index (χ2n) is 3.31. The van der Waals surface area contributed by atoms with Gasteiger partial charge >= 0.3 is 0 Å². The predicted octanol–water partition coefficient (Wildman–Crippen LogP) is -0.444. The first kappa shape index (κ1) is 13.9. The van der Waals surface area contributed by atoms with Crippen molar-refractivity contribution < 1.29 is 18.3 Å². The number of nitrogens with two attached hydrogens (primary N) is 1. The molecule has 4 N–H and O–H groups in total. The molecule has 1 rings (SSSR count). The molecule has 17 heavy (non-hydrogen) atoms. The largest absolute Gasteiger partial charge is 0.399 e. The monoisotopic (exact) mass is 260 g/mol. The Morgan fingerprint density at radius 3 is 2.76 bits per heavy atom. The quantitative estimate of drug-likeness (QED) is 0.455. The first-order valence-electron chi connectivity index (χ1n) is 5.10. The number of ether oxygens (including phenoxy) is 1. The number of benzene rings is 1. The first-order valence-corrected chi connectivity index (χ1v) is 6.58. The van der Waals surface area contributed by atoms with Gasteiger partial charge in [0.25, 0.3) is 0 Å². The minimum Gasteiger partial charge on any atom is -0.399 e. The fourth-order valence-corrected chi connectivity index (χ4v) is 2.25. The number of nitrogen functional groups attached to an aromatic ring is 1. The lowest BCUT2D eigenvalue weighted by Gasteiger charge is -2.07. The molecule has 1 aromatic rings. The zero-order chi connectivity index (χ0) is 12.7. The normalized spacial score (nSPS) is 11.6. The van der Waals surface area contributed by atoms with Crippen LogP contribution in [0.25, 0.3) is 0 Å². The number of hydrogen-bond donors (Lipinski definition) is 3. The number of hydrogen-bond acceptors (Lipinski definition) is 5. The number of sulfonamides is 1. The van der Waals surface area contributed by atoms with Crippen LogP contribution < -0.4 is 10.5 Å². The highest BCUT2D eigenvalue weighted by molar-refractivity contribution is 7.89. The van der Waals surface area contributed by atoms with Crippen molar-refractivity contribution in [2.24, 2.45) is 0 Å². The van der Waals surface area contributed by atoms with Gasteiger partial charge in [-0.3, -0.25) is 0 Å². The van der Waals surface area contributed by atoms with Gasteiger partial charge in [0.05, 0.1) is 24.7 Å². The zero-order valence-corrected chi connectivity index (χ0v) is 10.1. The summed E-state index contributed by atoms with van der Waals surface area (Å²) >= 11 is 0. The van der Waals surface area contributed by atoms with Gasteiger partial charge in [-0.05, 0) is 18.2 Å². The van der Waals surface area contributed by atoms with E-state index in [2.05, 4.69) is 4.72 Å². The van der Waals surface area contributed by atoms with E-state index in [-0.39, 0.29) is 31.3 Å². The van der Waals surface area contributed by atoms with Crippen molar-refractivity contribution in [2.45, 2.75) is 4.90 Å². The predicted molar refractivity (Wildman–Crippen MR) is 63.9 cm³/mol. The molecule has 6 nitrogen and oxygen atoms in total. The highest BCUT2D eigenvalue weighted by atomic mass is 32.2. The number of nitrogens with one attached hydrogen (secondary N) is 1. The van der Waals surface area contributed by atoms with E-state index in [0.29, 0.717) is 5.69 Å². The van der Waals surface area contributed by atoms with Crippen LogP contribution in [-0.2, 0) is 14.8 Å². The fraction of sp³-hybridized carbons (Fsp3) is 0.400. The minimum atomic E-state index is -3.54. The third-order valence-corrected chi connectivity index (χ3v) is 3.40.